The van der Waals surface area contributed by atoms with Gasteiger partial charge in [-0.2, -0.15) is 0 Å². The highest BCUT2D eigenvalue weighted by atomic mass is 35.5. The first-order chi connectivity index (χ1) is 12.6. The zero-order chi connectivity index (χ0) is 18.5. The van der Waals surface area contributed by atoms with Crippen molar-refractivity contribution in [2.75, 3.05) is 7.11 Å². The number of halogens is 2. The topological polar surface area (TPSA) is 67.0 Å². The fraction of sp³-hybridized carbons (Fsp3) is 0.158. The quantitative estimate of drug-likeness (QED) is 0.621. The lowest BCUT2D eigenvalue weighted by Gasteiger charge is -2.06. The summed E-state index contributed by atoms with van der Waals surface area (Å²) in [6.45, 7) is 0.363. The number of ether oxygens (including phenoxy) is 1. The summed E-state index contributed by atoms with van der Waals surface area (Å²) in [5.74, 6) is 1.15. The van der Waals surface area contributed by atoms with Crippen molar-refractivity contribution in [2.45, 2.75) is 11.4 Å². The number of methoxy groups -OCH3 is 1. The molecule has 7 heteroatoms. The fourth-order valence-electron chi connectivity index (χ4n) is 2.45. The smallest absolute Gasteiger partial charge is 0.253 e. The zero-order valence-electron chi connectivity index (χ0n) is 14.0. The van der Waals surface area contributed by atoms with E-state index in [1.54, 1.807) is 13.3 Å². The van der Waals surface area contributed by atoms with Gasteiger partial charge in [0, 0.05) is 17.7 Å². The summed E-state index contributed by atoms with van der Waals surface area (Å²) in [6, 6.07) is 15.5. The molecule has 26 heavy (non-hydrogen) atoms. The van der Waals surface area contributed by atoms with Crippen LogP contribution in [0.2, 0.25) is 0 Å². The molecule has 5 nitrogen and oxygen atoms in total. The molecule has 2 N–H and O–H groups in total. The second-order valence-electron chi connectivity index (χ2n) is 5.59. The molecular weight excluding hydrogens is 373 g/mol. The standard InChI is InChI=1S/C19H17Cl2N3O2/c1-26-15-4-2-3-14(9-15)16-11-22-18(24-16)13-7-5-12(6-8-13)10-23-19(25)17(20)21/h2-9,11,17H,10H2,1H3,(H,22,24)(H,23,25). The number of amides is 1. The van der Waals surface area contributed by atoms with Crippen LogP contribution in [0.15, 0.2) is 54.7 Å². The second-order valence-corrected chi connectivity index (χ2v) is 6.69. The van der Waals surface area contributed by atoms with Crippen LogP contribution in [0.3, 0.4) is 0 Å². The highest BCUT2D eigenvalue weighted by molar-refractivity contribution is 6.53. The van der Waals surface area contributed by atoms with E-state index < -0.39 is 10.7 Å². The molecule has 2 aromatic carbocycles. The van der Waals surface area contributed by atoms with Crippen molar-refractivity contribution in [1.82, 2.24) is 15.3 Å². The largest absolute Gasteiger partial charge is 0.497 e. The SMILES string of the molecule is COc1cccc(-c2cnc(-c3ccc(CNC(=O)C(Cl)Cl)cc3)[nH]2)c1. The lowest BCUT2D eigenvalue weighted by molar-refractivity contribution is -0.119. The summed E-state index contributed by atoms with van der Waals surface area (Å²) >= 11 is 11.0. The summed E-state index contributed by atoms with van der Waals surface area (Å²) in [5, 5.41) is 2.66. The van der Waals surface area contributed by atoms with Crippen LogP contribution in [0.4, 0.5) is 0 Å². The second kappa shape index (κ2) is 8.25. The number of rotatable bonds is 6. The molecule has 3 rings (SSSR count). The Morgan fingerprint density at radius 2 is 1.96 bits per heavy atom. The van der Waals surface area contributed by atoms with Gasteiger partial charge in [0.25, 0.3) is 5.91 Å². The van der Waals surface area contributed by atoms with E-state index >= 15 is 0 Å². The third-order valence-corrected chi connectivity index (χ3v) is 4.25. The van der Waals surface area contributed by atoms with Crippen molar-refractivity contribution in [1.29, 1.82) is 0 Å². The van der Waals surface area contributed by atoms with Crippen LogP contribution in [-0.4, -0.2) is 27.8 Å². The first-order valence-corrected chi connectivity index (χ1v) is 8.78. The van der Waals surface area contributed by atoms with Crippen LogP contribution in [0.1, 0.15) is 5.56 Å². The van der Waals surface area contributed by atoms with Crippen molar-refractivity contribution in [3.63, 3.8) is 0 Å². The number of aromatic amines is 1. The number of H-pyrrole nitrogens is 1. The maximum absolute atomic E-state index is 11.4. The lowest BCUT2D eigenvalue weighted by Crippen LogP contribution is -2.27. The monoisotopic (exact) mass is 389 g/mol. The van der Waals surface area contributed by atoms with E-state index in [0.717, 1.165) is 34.0 Å². The van der Waals surface area contributed by atoms with Gasteiger partial charge in [0.1, 0.15) is 11.6 Å². The minimum absolute atomic E-state index is 0.363. The number of aromatic nitrogens is 2. The Labute approximate surface area is 161 Å². The van der Waals surface area contributed by atoms with E-state index in [0.29, 0.717) is 6.54 Å². The first kappa shape index (κ1) is 18.3. The molecule has 0 aliphatic rings. The molecular formula is C19H17Cl2N3O2. The van der Waals surface area contributed by atoms with Gasteiger partial charge in [0.2, 0.25) is 0 Å². The third-order valence-electron chi connectivity index (χ3n) is 3.85. The van der Waals surface area contributed by atoms with Gasteiger partial charge >= 0.3 is 0 Å². The van der Waals surface area contributed by atoms with Crippen LogP contribution < -0.4 is 10.1 Å². The molecule has 0 radical (unpaired) electrons. The van der Waals surface area contributed by atoms with E-state index in [9.17, 15) is 4.79 Å². The van der Waals surface area contributed by atoms with Gasteiger partial charge in [0.05, 0.1) is 19.0 Å². The average molecular weight is 390 g/mol. The summed E-state index contributed by atoms with van der Waals surface area (Å²) in [6.07, 6.45) is 1.79. The van der Waals surface area contributed by atoms with Crippen molar-refractivity contribution < 1.29 is 9.53 Å². The van der Waals surface area contributed by atoms with Crippen molar-refractivity contribution in [3.8, 4) is 28.4 Å². The first-order valence-electron chi connectivity index (χ1n) is 7.91. The number of imidazole rings is 1. The highest BCUT2D eigenvalue weighted by Gasteiger charge is 2.10. The summed E-state index contributed by atoms with van der Waals surface area (Å²) in [4.78, 5) is 18.1. The number of carbonyl (C=O) groups excluding carboxylic acids is 1. The van der Waals surface area contributed by atoms with E-state index in [1.807, 2.05) is 48.5 Å². The number of alkyl halides is 2. The van der Waals surface area contributed by atoms with Gasteiger partial charge in [-0.05, 0) is 17.7 Å². The molecule has 0 spiro atoms. The van der Waals surface area contributed by atoms with Crippen LogP contribution in [0, 0.1) is 0 Å². The third kappa shape index (κ3) is 4.36. The molecule has 0 saturated heterocycles. The van der Waals surface area contributed by atoms with Crippen LogP contribution in [0.25, 0.3) is 22.6 Å². The van der Waals surface area contributed by atoms with E-state index in [-0.39, 0.29) is 0 Å². The molecule has 1 heterocycles. The number of nitrogens with zero attached hydrogens (tertiary/aromatic N) is 1. The Hall–Kier alpha value is -2.50. The van der Waals surface area contributed by atoms with Gasteiger partial charge in [-0.3, -0.25) is 4.79 Å². The molecule has 0 bridgehead atoms. The lowest BCUT2D eigenvalue weighted by atomic mass is 10.1. The number of carbonyl (C=O) groups is 1. The minimum atomic E-state index is -1.06. The predicted molar refractivity (Wildman–Crippen MR) is 103 cm³/mol. The minimum Gasteiger partial charge on any atom is -0.497 e. The van der Waals surface area contributed by atoms with Crippen molar-refractivity contribution >= 4 is 29.1 Å². The van der Waals surface area contributed by atoms with Crippen molar-refractivity contribution in [3.05, 3.63) is 60.3 Å². The van der Waals surface area contributed by atoms with Gasteiger partial charge in [-0.1, -0.05) is 59.6 Å². The molecule has 0 unspecified atom stereocenters. The summed E-state index contributed by atoms with van der Waals surface area (Å²) in [7, 11) is 1.64. The Balaban J connectivity index is 1.72. The molecule has 0 saturated carbocycles. The van der Waals surface area contributed by atoms with E-state index in [4.69, 9.17) is 27.9 Å². The van der Waals surface area contributed by atoms with E-state index in [2.05, 4.69) is 15.3 Å². The molecule has 0 aliphatic carbocycles. The Morgan fingerprint density at radius 3 is 2.65 bits per heavy atom. The highest BCUT2D eigenvalue weighted by Crippen LogP contribution is 2.25. The molecule has 1 amide bonds. The normalized spacial score (nSPS) is 10.8. The maximum atomic E-state index is 11.4. The fourth-order valence-corrected chi connectivity index (χ4v) is 2.61. The van der Waals surface area contributed by atoms with E-state index in [1.165, 1.54) is 0 Å². The molecule has 0 fully saturated rings. The number of hydrogen-bond acceptors (Lipinski definition) is 3. The van der Waals surface area contributed by atoms with Crippen LogP contribution >= 0.6 is 23.2 Å². The molecule has 1 aromatic heterocycles. The van der Waals surface area contributed by atoms with Gasteiger partial charge < -0.3 is 15.0 Å². The van der Waals surface area contributed by atoms with Crippen molar-refractivity contribution in [2.24, 2.45) is 0 Å². The number of nitrogens with one attached hydrogen (secondary N) is 2. The number of benzene rings is 2. The average Bonchev–Trinajstić information content (AvgIpc) is 3.16. The number of hydrogen-bond donors (Lipinski definition) is 2. The van der Waals surface area contributed by atoms with Gasteiger partial charge in [-0.25, -0.2) is 4.98 Å². The van der Waals surface area contributed by atoms with Crippen LogP contribution in [-0.2, 0) is 11.3 Å². The molecule has 134 valence electrons. The molecule has 0 atom stereocenters. The molecule has 0 aliphatic heterocycles. The predicted octanol–water partition coefficient (Wildman–Crippen LogP) is 4.17. The van der Waals surface area contributed by atoms with Gasteiger partial charge in [-0.15, -0.1) is 0 Å². The maximum Gasteiger partial charge on any atom is 0.253 e. The Bertz CT molecular complexity index is 892. The van der Waals surface area contributed by atoms with Gasteiger partial charge in [0.15, 0.2) is 4.84 Å². The Kier molecular flexibility index (Phi) is 5.81. The van der Waals surface area contributed by atoms with Crippen LogP contribution in [0.5, 0.6) is 5.75 Å². The Morgan fingerprint density at radius 1 is 1.19 bits per heavy atom. The summed E-state index contributed by atoms with van der Waals surface area (Å²) < 4.78 is 5.25. The molecule has 3 aromatic rings. The zero-order valence-corrected chi connectivity index (χ0v) is 15.5. The summed E-state index contributed by atoms with van der Waals surface area (Å²) in [5.41, 5.74) is 3.79.